The van der Waals surface area contributed by atoms with Crippen LogP contribution in [0.15, 0.2) is 48.7 Å². The number of para-hydroxylation sites is 1. The van der Waals surface area contributed by atoms with Gasteiger partial charge in [0, 0.05) is 23.5 Å². The smallest absolute Gasteiger partial charge is 0.224 e. The first-order valence-corrected chi connectivity index (χ1v) is 7.67. The van der Waals surface area contributed by atoms with Crippen LogP contribution >= 0.6 is 0 Å². The van der Waals surface area contributed by atoms with Gasteiger partial charge in [0.05, 0.1) is 12.8 Å². The molecule has 0 spiro atoms. The van der Waals surface area contributed by atoms with E-state index < -0.39 is 0 Å². The summed E-state index contributed by atoms with van der Waals surface area (Å²) in [4.78, 5) is 15.5. The van der Waals surface area contributed by atoms with Gasteiger partial charge < -0.3 is 15.0 Å². The van der Waals surface area contributed by atoms with E-state index in [4.69, 9.17) is 4.74 Å². The predicted molar refractivity (Wildman–Crippen MR) is 93.0 cm³/mol. The Labute approximate surface area is 135 Å². The molecule has 0 radical (unpaired) electrons. The minimum absolute atomic E-state index is 0.0146. The normalized spacial score (nSPS) is 10.7. The van der Waals surface area contributed by atoms with Gasteiger partial charge in [-0.2, -0.15) is 0 Å². The van der Waals surface area contributed by atoms with Crippen molar-refractivity contribution in [3.8, 4) is 5.75 Å². The lowest BCUT2D eigenvalue weighted by molar-refractivity contribution is -0.116. The summed E-state index contributed by atoms with van der Waals surface area (Å²) in [5, 5.41) is 4.11. The first kappa shape index (κ1) is 15.2. The van der Waals surface area contributed by atoms with Gasteiger partial charge in [0.15, 0.2) is 0 Å². The Morgan fingerprint density at radius 2 is 2.04 bits per heavy atom. The number of methoxy groups -OCH3 is 1. The number of nitrogens with one attached hydrogen (secondary N) is 2. The molecule has 1 heterocycles. The molecule has 3 aromatic rings. The number of anilines is 1. The predicted octanol–water partition coefficient (Wildman–Crippen LogP) is 4.06. The summed E-state index contributed by atoms with van der Waals surface area (Å²) in [5.41, 5.74) is 4.06. The Bertz CT molecular complexity index is 836. The molecule has 0 bridgehead atoms. The van der Waals surface area contributed by atoms with Crippen LogP contribution in [-0.4, -0.2) is 18.0 Å². The van der Waals surface area contributed by atoms with Crippen LogP contribution in [0.2, 0.25) is 0 Å². The zero-order chi connectivity index (χ0) is 16.2. The number of aromatic nitrogens is 1. The third kappa shape index (κ3) is 3.37. The van der Waals surface area contributed by atoms with Crippen molar-refractivity contribution in [2.45, 2.75) is 19.8 Å². The first-order chi connectivity index (χ1) is 11.2. The van der Waals surface area contributed by atoms with Crippen molar-refractivity contribution in [2.75, 3.05) is 12.4 Å². The molecule has 118 valence electrons. The molecule has 1 aromatic heterocycles. The SMILES string of the molecule is COc1ccc(C)cc1NC(=O)CCc1c[nH]c2ccccc12. The van der Waals surface area contributed by atoms with Crippen LogP contribution in [0.5, 0.6) is 5.75 Å². The average molecular weight is 308 g/mol. The maximum Gasteiger partial charge on any atom is 0.224 e. The fourth-order valence-corrected chi connectivity index (χ4v) is 2.72. The molecule has 0 aliphatic heterocycles. The molecule has 0 saturated heterocycles. The summed E-state index contributed by atoms with van der Waals surface area (Å²) in [6, 6.07) is 13.9. The van der Waals surface area contributed by atoms with E-state index in [2.05, 4.69) is 16.4 Å². The molecular weight excluding hydrogens is 288 g/mol. The van der Waals surface area contributed by atoms with Crippen molar-refractivity contribution in [3.05, 3.63) is 59.8 Å². The number of aryl methyl sites for hydroxylation is 2. The molecule has 0 unspecified atom stereocenters. The van der Waals surface area contributed by atoms with E-state index >= 15 is 0 Å². The standard InChI is InChI=1S/C19H20N2O2/c1-13-7-9-18(23-2)17(11-13)21-19(22)10-8-14-12-20-16-6-4-3-5-15(14)16/h3-7,9,11-12,20H,8,10H2,1-2H3,(H,21,22). The van der Waals surface area contributed by atoms with E-state index in [0.717, 1.165) is 22.3 Å². The van der Waals surface area contributed by atoms with E-state index in [1.165, 1.54) is 5.39 Å². The topological polar surface area (TPSA) is 54.1 Å². The number of H-pyrrole nitrogens is 1. The Morgan fingerprint density at radius 1 is 1.22 bits per heavy atom. The molecule has 0 fully saturated rings. The number of fused-ring (bicyclic) bond motifs is 1. The average Bonchev–Trinajstić information content (AvgIpc) is 2.96. The number of benzene rings is 2. The maximum atomic E-state index is 12.2. The number of amides is 1. The largest absolute Gasteiger partial charge is 0.495 e. The second kappa shape index (κ2) is 6.57. The molecule has 4 heteroatoms. The molecule has 4 nitrogen and oxygen atoms in total. The van der Waals surface area contributed by atoms with Crippen molar-refractivity contribution in [3.63, 3.8) is 0 Å². The summed E-state index contributed by atoms with van der Waals surface area (Å²) < 4.78 is 5.29. The van der Waals surface area contributed by atoms with Gasteiger partial charge in [-0.15, -0.1) is 0 Å². The molecule has 2 aromatic carbocycles. The van der Waals surface area contributed by atoms with Crippen LogP contribution in [0.4, 0.5) is 5.69 Å². The molecule has 2 N–H and O–H groups in total. The van der Waals surface area contributed by atoms with Crippen LogP contribution < -0.4 is 10.1 Å². The summed E-state index contributed by atoms with van der Waals surface area (Å²) in [6.45, 7) is 1.99. The molecule has 23 heavy (non-hydrogen) atoms. The highest BCUT2D eigenvalue weighted by molar-refractivity contribution is 5.93. The molecule has 3 rings (SSSR count). The second-order valence-electron chi connectivity index (χ2n) is 5.61. The monoisotopic (exact) mass is 308 g/mol. The van der Waals surface area contributed by atoms with Crippen molar-refractivity contribution in [1.29, 1.82) is 0 Å². The van der Waals surface area contributed by atoms with Crippen molar-refractivity contribution in [2.24, 2.45) is 0 Å². The fraction of sp³-hybridized carbons (Fsp3) is 0.211. The lowest BCUT2D eigenvalue weighted by Crippen LogP contribution is -2.13. The van der Waals surface area contributed by atoms with Crippen LogP contribution in [-0.2, 0) is 11.2 Å². The highest BCUT2D eigenvalue weighted by Gasteiger charge is 2.10. The number of carbonyl (C=O) groups excluding carboxylic acids is 1. The van der Waals surface area contributed by atoms with Crippen LogP contribution in [0.1, 0.15) is 17.5 Å². The van der Waals surface area contributed by atoms with Gasteiger partial charge in [0.2, 0.25) is 5.91 Å². The highest BCUT2D eigenvalue weighted by atomic mass is 16.5. The number of rotatable bonds is 5. The molecule has 1 amide bonds. The minimum atomic E-state index is -0.0146. The summed E-state index contributed by atoms with van der Waals surface area (Å²) in [7, 11) is 1.60. The number of aromatic amines is 1. The van der Waals surface area contributed by atoms with E-state index in [9.17, 15) is 4.79 Å². The van der Waals surface area contributed by atoms with Gasteiger partial charge in [-0.05, 0) is 42.7 Å². The van der Waals surface area contributed by atoms with Gasteiger partial charge in [-0.25, -0.2) is 0 Å². The zero-order valence-corrected chi connectivity index (χ0v) is 13.3. The van der Waals surface area contributed by atoms with Crippen LogP contribution in [0, 0.1) is 6.92 Å². The maximum absolute atomic E-state index is 12.2. The molecule has 0 aliphatic carbocycles. The van der Waals surface area contributed by atoms with Gasteiger partial charge in [-0.3, -0.25) is 4.79 Å². The van der Waals surface area contributed by atoms with Crippen LogP contribution in [0.25, 0.3) is 10.9 Å². The van der Waals surface area contributed by atoms with Gasteiger partial charge >= 0.3 is 0 Å². The van der Waals surface area contributed by atoms with E-state index in [-0.39, 0.29) is 5.91 Å². The third-order valence-corrected chi connectivity index (χ3v) is 3.93. The number of hydrogen-bond acceptors (Lipinski definition) is 2. The van der Waals surface area contributed by atoms with E-state index in [0.29, 0.717) is 18.6 Å². The summed E-state index contributed by atoms with van der Waals surface area (Å²) >= 11 is 0. The fourth-order valence-electron chi connectivity index (χ4n) is 2.72. The van der Waals surface area contributed by atoms with Gasteiger partial charge in [0.25, 0.3) is 0 Å². The Hall–Kier alpha value is -2.75. The van der Waals surface area contributed by atoms with Crippen molar-refractivity contribution in [1.82, 2.24) is 4.98 Å². The highest BCUT2D eigenvalue weighted by Crippen LogP contribution is 2.25. The number of ether oxygens (including phenoxy) is 1. The first-order valence-electron chi connectivity index (χ1n) is 7.67. The van der Waals surface area contributed by atoms with E-state index in [1.54, 1.807) is 7.11 Å². The van der Waals surface area contributed by atoms with Crippen molar-refractivity contribution < 1.29 is 9.53 Å². The van der Waals surface area contributed by atoms with Gasteiger partial charge in [0.1, 0.15) is 5.75 Å². The minimum Gasteiger partial charge on any atom is -0.495 e. The van der Waals surface area contributed by atoms with Crippen LogP contribution in [0.3, 0.4) is 0 Å². The second-order valence-corrected chi connectivity index (χ2v) is 5.61. The zero-order valence-electron chi connectivity index (χ0n) is 13.3. The van der Waals surface area contributed by atoms with Crippen molar-refractivity contribution >= 4 is 22.5 Å². The lowest BCUT2D eigenvalue weighted by atomic mass is 10.1. The molecule has 0 atom stereocenters. The summed E-state index contributed by atoms with van der Waals surface area (Å²) in [5.74, 6) is 0.662. The third-order valence-electron chi connectivity index (χ3n) is 3.93. The molecular formula is C19H20N2O2. The Balaban J connectivity index is 1.67. The molecule has 0 aliphatic rings. The quantitative estimate of drug-likeness (QED) is 0.747. The van der Waals surface area contributed by atoms with Gasteiger partial charge in [-0.1, -0.05) is 24.3 Å². The number of carbonyl (C=O) groups is 1. The molecule has 0 saturated carbocycles. The van der Waals surface area contributed by atoms with E-state index in [1.807, 2.05) is 49.5 Å². The Kier molecular flexibility index (Phi) is 4.33. The number of hydrogen-bond donors (Lipinski definition) is 2. The Morgan fingerprint density at radius 3 is 2.87 bits per heavy atom. The lowest BCUT2D eigenvalue weighted by Gasteiger charge is -2.11. The summed E-state index contributed by atoms with van der Waals surface area (Å²) in [6.07, 6.45) is 3.11.